The van der Waals surface area contributed by atoms with E-state index in [2.05, 4.69) is 5.32 Å². The van der Waals surface area contributed by atoms with Gasteiger partial charge in [-0.3, -0.25) is 9.59 Å². The standard InChI is InChI=1S/C20H20N2O4/c1-13(23)21-17-5-2-14(3-6-17)20(24)22-9-8-16(11-22)15-4-7-18-19(10-15)26-12-25-18/h2-7,10,16H,8-9,11-12H2,1H3,(H,21,23). The largest absolute Gasteiger partial charge is 0.454 e. The number of amides is 2. The van der Waals surface area contributed by atoms with Crippen molar-refractivity contribution in [3.05, 3.63) is 53.6 Å². The maximum Gasteiger partial charge on any atom is 0.253 e. The normalized spacial score (nSPS) is 18.0. The van der Waals surface area contributed by atoms with E-state index in [0.29, 0.717) is 23.7 Å². The molecule has 0 spiro atoms. The summed E-state index contributed by atoms with van der Waals surface area (Å²) in [5.41, 5.74) is 2.49. The highest BCUT2D eigenvalue weighted by atomic mass is 16.7. The van der Waals surface area contributed by atoms with Gasteiger partial charge in [-0.25, -0.2) is 0 Å². The molecule has 134 valence electrons. The molecule has 0 aromatic heterocycles. The molecule has 2 aromatic rings. The number of ether oxygens (including phenoxy) is 2. The van der Waals surface area contributed by atoms with Crippen molar-refractivity contribution in [3.63, 3.8) is 0 Å². The fourth-order valence-electron chi connectivity index (χ4n) is 3.47. The van der Waals surface area contributed by atoms with Gasteiger partial charge in [-0.2, -0.15) is 0 Å². The fraction of sp³-hybridized carbons (Fsp3) is 0.300. The van der Waals surface area contributed by atoms with Crippen LogP contribution in [-0.2, 0) is 4.79 Å². The Morgan fingerprint density at radius 2 is 1.85 bits per heavy atom. The molecule has 2 aromatic carbocycles. The van der Waals surface area contributed by atoms with E-state index in [0.717, 1.165) is 24.5 Å². The first-order valence-corrected chi connectivity index (χ1v) is 8.66. The van der Waals surface area contributed by atoms with E-state index in [1.807, 2.05) is 23.1 Å². The highest BCUT2D eigenvalue weighted by molar-refractivity contribution is 5.95. The fourth-order valence-corrected chi connectivity index (χ4v) is 3.47. The van der Waals surface area contributed by atoms with Crippen LogP contribution >= 0.6 is 0 Å². The van der Waals surface area contributed by atoms with Crippen LogP contribution in [-0.4, -0.2) is 36.6 Å². The van der Waals surface area contributed by atoms with E-state index in [1.54, 1.807) is 24.3 Å². The number of fused-ring (bicyclic) bond motifs is 1. The van der Waals surface area contributed by atoms with Gasteiger partial charge in [0.1, 0.15) is 0 Å². The Morgan fingerprint density at radius 1 is 1.08 bits per heavy atom. The average molecular weight is 352 g/mol. The third-order valence-corrected chi connectivity index (χ3v) is 4.80. The predicted molar refractivity (Wildman–Crippen MR) is 96.6 cm³/mol. The molecule has 2 amide bonds. The molecule has 1 N–H and O–H groups in total. The number of hydrogen-bond acceptors (Lipinski definition) is 4. The summed E-state index contributed by atoms with van der Waals surface area (Å²) >= 11 is 0. The van der Waals surface area contributed by atoms with Crippen LogP contribution in [0.15, 0.2) is 42.5 Å². The molecule has 4 rings (SSSR count). The maximum absolute atomic E-state index is 12.7. The molecule has 0 radical (unpaired) electrons. The van der Waals surface area contributed by atoms with Crippen molar-refractivity contribution in [2.24, 2.45) is 0 Å². The van der Waals surface area contributed by atoms with Gasteiger partial charge in [0, 0.05) is 37.2 Å². The Balaban J connectivity index is 1.43. The van der Waals surface area contributed by atoms with Crippen LogP contribution in [0, 0.1) is 0 Å². The minimum absolute atomic E-state index is 0.0163. The molecule has 6 nitrogen and oxygen atoms in total. The zero-order valence-corrected chi connectivity index (χ0v) is 14.5. The first kappa shape index (κ1) is 16.4. The molecule has 0 aliphatic carbocycles. The number of hydrogen-bond donors (Lipinski definition) is 1. The lowest BCUT2D eigenvalue weighted by Gasteiger charge is -2.17. The summed E-state index contributed by atoms with van der Waals surface area (Å²) in [7, 11) is 0. The van der Waals surface area contributed by atoms with Crippen LogP contribution in [0.4, 0.5) is 5.69 Å². The number of carbonyl (C=O) groups excluding carboxylic acids is 2. The molecular weight excluding hydrogens is 332 g/mol. The van der Waals surface area contributed by atoms with E-state index in [9.17, 15) is 9.59 Å². The highest BCUT2D eigenvalue weighted by Crippen LogP contribution is 2.37. The topological polar surface area (TPSA) is 67.9 Å². The van der Waals surface area contributed by atoms with Crippen LogP contribution in [0.2, 0.25) is 0 Å². The number of benzene rings is 2. The van der Waals surface area contributed by atoms with Crippen LogP contribution in [0.5, 0.6) is 11.5 Å². The van der Waals surface area contributed by atoms with E-state index < -0.39 is 0 Å². The predicted octanol–water partition coefficient (Wildman–Crippen LogP) is 3.00. The summed E-state index contributed by atoms with van der Waals surface area (Å²) in [6.07, 6.45) is 0.926. The van der Waals surface area contributed by atoms with Gasteiger partial charge < -0.3 is 19.7 Å². The minimum atomic E-state index is -0.129. The molecule has 2 aliphatic heterocycles. The highest BCUT2D eigenvalue weighted by Gasteiger charge is 2.29. The monoisotopic (exact) mass is 352 g/mol. The lowest BCUT2D eigenvalue weighted by atomic mass is 9.98. The zero-order chi connectivity index (χ0) is 18.1. The lowest BCUT2D eigenvalue weighted by Crippen LogP contribution is -2.28. The molecule has 0 bridgehead atoms. The van der Waals surface area contributed by atoms with E-state index in [-0.39, 0.29) is 18.6 Å². The molecule has 2 aliphatic rings. The lowest BCUT2D eigenvalue weighted by molar-refractivity contribution is -0.114. The van der Waals surface area contributed by atoms with Gasteiger partial charge in [0.25, 0.3) is 5.91 Å². The van der Waals surface area contributed by atoms with Gasteiger partial charge in [0.2, 0.25) is 12.7 Å². The van der Waals surface area contributed by atoms with Crippen LogP contribution < -0.4 is 14.8 Å². The Hall–Kier alpha value is -3.02. The van der Waals surface area contributed by atoms with E-state index in [1.165, 1.54) is 12.5 Å². The molecule has 26 heavy (non-hydrogen) atoms. The zero-order valence-electron chi connectivity index (χ0n) is 14.5. The Kier molecular flexibility index (Phi) is 4.24. The summed E-state index contributed by atoms with van der Waals surface area (Å²) < 4.78 is 10.8. The van der Waals surface area contributed by atoms with E-state index in [4.69, 9.17) is 9.47 Å². The van der Waals surface area contributed by atoms with Crippen molar-refractivity contribution >= 4 is 17.5 Å². The van der Waals surface area contributed by atoms with Gasteiger partial charge >= 0.3 is 0 Å². The van der Waals surface area contributed by atoms with Crippen molar-refractivity contribution in [2.75, 3.05) is 25.2 Å². The van der Waals surface area contributed by atoms with Crippen molar-refractivity contribution in [3.8, 4) is 11.5 Å². The van der Waals surface area contributed by atoms with Crippen molar-refractivity contribution < 1.29 is 19.1 Å². The van der Waals surface area contributed by atoms with Gasteiger partial charge in [-0.1, -0.05) is 6.07 Å². The van der Waals surface area contributed by atoms with Gasteiger partial charge in [0.05, 0.1) is 0 Å². The Labute approximate surface area is 151 Å². The average Bonchev–Trinajstić information content (AvgIpc) is 3.30. The molecule has 1 fully saturated rings. The summed E-state index contributed by atoms with van der Waals surface area (Å²) in [4.78, 5) is 25.7. The van der Waals surface area contributed by atoms with Crippen LogP contribution in [0.25, 0.3) is 0 Å². The molecule has 1 atom stereocenters. The smallest absolute Gasteiger partial charge is 0.253 e. The Bertz CT molecular complexity index is 847. The molecular formula is C20H20N2O4. The summed E-state index contributed by atoms with van der Waals surface area (Å²) in [5, 5.41) is 2.70. The molecule has 6 heteroatoms. The number of carbonyl (C=O) groups is 2. The van der Waals surface area contributed by atoms with E-state index >= 15 is 0 Å². The Morgan fingerprint density at radius 3 is 2.62 bits per heavy atom. The summed E-state index contributed by atoms with van der Waals surface area (Å²) in [6.45, 7) is 3.14. The summed E-state index contributed by atoms with van der Waals surface area (Å²) in [6, 6.07) is 13.0. The van der Waals surface area contributed by atoms with Crippen molar-refractivity contribution in [1.82, 2.24) is 4.90 Å². The number of anilines is 1. The number of rotatable bonds is 3. The summed E-state index contributed by atoms with van der Waals surface area (Å²) in [5.74, 6) is 1.74. The SMILES string of the molecule is CC(=O)Nc1ccc(C(=O)N2CCC(c3ccc4c(c3)OCO4)C2)cc1. The minimum Gasteiger partial charge on any atom is -0.454 e. The second-order valence-electron chi connectivity index (χ2n) is 6.61. The second kappa shape index (κ2) is 6.71. The number of likely N-dealkylation sites (tertiary alicyclic amines) is 1. The molecule has 1 unspecified atom stereocenters. The van der Waals surface area contributed by atoms with Gasteiger partial charge in [-0.15, -0.1) is 0 Å². The number of nitrogens with zero attached hydrogens (tertiary/aromatic N) is 1. The first-order chi connectivity index (χ1) is 12.6. The van der Waals surface area contributed by atoms with Gasteiger partial charge in [-0.05, 0) is 48.4 Å². The third-order valence-electron chi connectivity index (χ3n) is 4.80. The van der Waals surface area contributed by atoms with Crippen molar-refractivity contribution in [1.29, 1.82) is 0 Å². The van der Waals surface area contributed by atoms with Crippen LogP contribution in [0.1, 0.15) is 35.2 Å². The maximum atomic E-state index is 12.7. The molecule has 2 heterocycles. The first-order valence-electron chi connectivity index (χ1n) is 8.66. The molecule has 0 saturated carbocycles. The van der Waals surface area contributed by atoms with Gasteiger partial charge in [0.15, 0.2) is 11.5 Å². The van der Waals surface area contributed by atoms with Crippen molar-refractivity contribution in [2.45, 2.75) is 19.3 Å². The number of nitrogens with one attached hydrogen (secondary N) is 1. The second-order valence-corrected chi connectivity index (χ2v) is 6.61. The quantitative estimate of drug-likeness (QED) is 0.922. The van der Waals surface area contributed by atoms with Crippen LogP contribution in [0.3, 0.4) is 0 Å². The third kappa shape index (κ3) is 3.22. The molecule has 1 saturated heterocycles.